The summed E-state index contributed by atoms with van der Waals surface area (Å²) in [7, 11) is 0. The van der Waals surface area contributed by atoms with E-state index in [0.717, 1.165) is 38.4 Å². The van der Waals surface area contributed by atoms with Crippen molar-refractivity contribution in [2.45, 2.75) is 64.0 Å². The number of carbonyl (C=O) groups is 3. The van der Waals surface area contributed by atoms with Crippen LogP contribution in [0.4, 0.5) is 5.69 Å². The van der Waals surface area contributed by atoms with Gasteiger partial charge in [-0.05, 0) is 55.3 Å². The molecule has 37 heavy (non-hydrogen) atoms. The van der Waals surface area contributed by atoms with Gasteiger partial charge >= 0.3 is 0 Å². The molecule has 9 heteroatoms. The van der Waals surface area contributed by atoms with E-state index in [1.807, 2.05) is 30.5 Å². The number of carbonyl (C=O) groups excluding carboxylic acids is 3. The first-order chi connectivity index (χ1) is 17.6. The van der Waals surface area contributed by atoms with E-state index >= 15 is 0 Å². The molecule has 3 aliphatic heterocycles. The number of nitrogens with one attached hydrogen (secondary N) is 1. The highest BCUT2D eigenvalue weighted by Gasteiger charge is 2.53. The van der Waals surface area contributed by atoms with Crippen molar-refractivity contribution in [1.29, 1.82) is 0 Å². The molecule has 3 heterocycles. The molecule has 0 spiro atoms. The molecule has 3 aliphatic rings. The van der Waals surface area contributed by atoms with Crippen LogP contribution in [-0.4, -0.2) is 103 Å². The summed E-state index contributed by atoms with van der Waals surface area (Å²) in [5.41, 5.74) is 1.45. The monoisotopic (exact) mass is 530 g/mol. The molecule has 1 aromatic carbocycles. The van der Waals surface area contributed by atoms with Gasteiger partial charge in [-0.1, -0.05) is 27.7 Å². The molecule has 0 unspecified atom stereocenters. The number of likely N-dealkylation sites (tertiary alicyclic amines) is 1. The van der Waals surface area contributed by atoms with Gasteiger partial charge in [-0.15, -0.1) is 0 Å². The standard InChI is InChI=1S/C28H42N4O4S/c1-6-11-30-12-14-31(15-13-30)20-9-7-19(8-10-20)26(34)29-21(16-28(2,3)4)27(35)32-17-23(37-5)25-24(32)22(33)18-36-25/h7-10,21,23-25H,6,11-18H2,1-5H3,(H,29,34)/t21-,23-,24+,25+/m0/s1. The molecule has 2 amide bonds. The van der Waals surface area contributed by atoms with Crippen molar-refractivity contribution in [2.24, 2.45) is 5.41 Å². The molecule has 3 saturated heterocycles. The zero-order valence-electron chi connectivity index (χ0n) is 22.9. The summed E-state index contributed by atoms with van der Waals surface area (Å²) in [5.74, 6) is -0.523. The molecular weight excluding hydrogens is 488 g/mol. The van der Waals surface area contributed by atoms with Crippen LogP contribution in [0.2, 0.25) is 0 Å². The van der Waals surface area contributed by atoms with Gasteiger partial charge in [0.2, 0.25) is 5.91 Å². The van der Waals surface area contributed by atoms with Crippen LogP contribution in [0.1, 0.15) is 50.9 Å². The number of benzene rings is 1. The number of nitrogens with zero attached hydrogens (tertiary/aromatic N) is 3. The molecule has 4 atom stereocenters. The van der Waals surface area contributed by atoms with E-state index < -0.39 is 12.1 Å². The molecular formula is C28H42N4O4S. The summed E-state index contributed by atoms with van der Waals surface area (Å²) in [5, 5.41) is 3.06. The van der Waals surface area contributed by atoms with Gasteiger partial charge in [0.05, 0.1) is 11.4 Å². The van der Waals surface area contributed by atoms with Crippen molar-refractivity contribution in [3.63, 3.8) is 0 Å². The number of rotatable bonds is 8. The lowest BCUT2D eigenvalue weighted by molar-refractivity contribution is -0.138. The Bertz CT molecular complexity index is 971. The van der Waals surface area contributed by atoms with Crippen LogP contribution in [0.25, 0.3) is 0 Å². The minimum atomic E-state index is -0.714. The van der Waals surface area contributed by atoms with E-state index in [1.54, 1.807) is 16.7 Å². The lowest BCUT2D eigenvalue weighted by Crippen LogP contribution is -2.53. The molecule has 0 radical (unpaired) electrons. The lowest BCUT2D eigenvalue weighted by atomic mass is 9.87. The minimum absolute atomic E-state index is 0.0481. The fourth-order valence-corrected chi connectivity index (χ4v) is 6.48. The van der Waals surface area contributed by atoms with Gasteiger partial charge in [-0.3, -0.25) is 19.3 Å². The number of hydrogen-bond donors (Lipinski definition) is 1. The summed E-state index contributed by atoms with van der Waals surface area (Å²) in [6.45, 7) is 14.1. The number of piperazine rings is 1. The van der Waals surface area contributed by atoms with Crippen molar-refractivity contribution in [1.82, 2.24) is 15.1 Å². The SMILES string of the molecule is CCCN1CCN(c2ccc(C(=O)N[C@@H](CC(C)(C)C)C(=O)N3C[C@H](SC)[C@H]4OCC(=O)[C@H]43)cc2)CC1. The molecule has 8 nitrogen and oxygen atoms in total. The smallest absolute Gasteiger partial charge is 0.251 e. The zero-order valence-corrected chi connectivity index (χ0v) is 23.7. The average molecular weight is 531 g/mol. The van der Waals surface area contributed by atoms with E-state index in [4.69, 9.17) is 4.74 Å². The summed E-state index contributed by atoms with van der Waals surface area (Å²) >= 11 is 1.62. The van der Waals surface area contributed by atoms with Crippen molar-refractivity contribution >= 4 is 35.0 Å². The minimum Gasteiger partial charge on any atom is -0.369 e. The highest BCUT2D eigenvalue weighted by molar-refractivity contribution is 7.99. The van der Waals surface area contributed by atoms with Crippen LogP contribution in [0.3, 0.4) is 0 Å². The number of fused-ring (bicyclic) bond motifs is 1. The van der Waals surface area contributed by atoms with E-state index in [2.05, 4.69) is 42.8 Å². The third-order valence-corrected chi connectivity index (χ3v) is 8.57. The van der Waals surface area contributed by atoms with E-state index in [1.165, 1.54) is 6.42 Å². The van der Waals surface area contributed by atoms with E-state index in [0.29, 0.717) is 18.5 Å². The molecule has 3 fully saturated rings. The van der Waals surface area contributed by atoms with E-state index in [9.17, 15) is 14.4 Å². The summed E-state index contributed by atoms with van der Waals surface area (Å²) in [6, 6.07) is 6.40. The molecule has 4 rings (SSSR count). The first-order valence-electron chi connectivity index (χ1n) is 13.5. The number of ether oxygens (including phenoxy) is 1. The van der Waals surface area contributed by atoms with Crippen LogP contribution in [0.15, 0.2) is 24.3 Å². The molecule has 0 aliphatic carbocycles. The van der Waals surface area contributed by atoms with Crippen molar-refractivity contribution in [3.8, 4) is 0 Å². The largest absolute Gasteiger partial charge is 0.369 e. The Balaban J connectivity index is 1.44. The number of amides is 2. The number of thioether (sulfide) groups is 1. The Morgan fingerprint density at radius 1 is 1.14 bits per heavy atom. The van der Waals surface area contributed by atoms with Gasteiger partial charge in [-0.2, -0.15) is 11.8 Å². The van der Waals surface area contributed by atoms with Gasteiger partial charge in [0.15, 0.2) is 5.78 Å². The topological polar surface area (TPSA) is 82.2 Å². The van der Waals surface area contributed by atoms with Gasteiger partial charge in [0, 0.05) is 44.0 Å². The van der Waals surface area contributed by atoms with Crippen molar-refractivity contribution in [2.75, 3.05) is 57.0 Å². The van der Waals surface area contributed by atoms with Crippen LogP contribution in [0, 0.1) is 5.41 Å². The van der Waals surface area contributed by atoms with Crippen molar-refractivity contribution in [3.05, 3.63) is 29.8 Å². The maximum atomic E-state index is 13.8. The quantitative estimate of drug-likeness (QED) is 0.553. The Morgan fingerprint density at radius 2 is 1.81 bits per heavy atom. The van der Waals surface area contributed by atoms with Gasteiger partial charge < -0.3 is 19.9 Å². The Kier molecular flexibility index (Phi) is 8.86. The zero-order chi connectivity index (χ0) is 26.7. The fraction of sp³-hybridized carbons (Fsp3) is 0.679. The predicted molar refractivity (Wildman–Crippen MR) is 148 cm³/mol. The molecule has 0 bridgehead atoms. The van der Waals surface area contributed by atoms with Gasteiger partial charge in [0.25, 0.3) is 5.91 Å². The number of ketones is 1. The Morgan fingerprint density at radius 3 is 2.41 bits per heavy atom. The normalized spacial score (nSPS) is 25.3. The fourth-order valence-electron chi connectivity index (χ4n) is 5.67. The van der Waals surface area contributed by atoms with Crippen molar-refractivity contribution < 1.29 is 19.1 Å². The van der Waals surface area contributed by atoms with Crippen LogP contribution in [0.5, 0.6) is 0 Å². The van der Waals surface area contributed by atoms with Crippen LogP contribution in [-0.2, 0) is 14.3 Å². The summed E-state index contributed by atoms with van der Waals surface area (Å²) in [4.78, 5) is 46.1. The first-order valence-corrected chi connectivity index (χ1v) is 14.8. The van der Waals surface area contributed by atoms with E-state index in [-0.39, 0.29) is 41.0 Å². The summed E-state index contributed by atoms with van der Waals surface area (Å²) < 4.78 is 5.73. The second-order valence-corrected chi connectivity index (χ2v) is 12.7. The van der Waals surface area contributed by atoms with Gasteiger partial charge in [0.1, 0.15) is 18.7 Å². The molecule has 1 N–H and O–H groups in total. The highest BCUT2D eigenvalue weighted by atomic mass is 32.2. The Hall–Kier alpha value is -2.10. The molecule has 0 aromatic heterocycles. The predicted octanol–water partition coefficient (Wildman–Crippen LogP) is 2.66. The molecule has 0 saturated carbocycles. The van der Waals surface area contributed by atoms with Gasteiger partial charge in [-0.25, -0.2) is 0 Å². The number of Topliss-reactive ketones (excluding diaryl/α,β-unsaturated/α-hetero) is 1. The van der Waals surface area contributed by atoms with Crippen LogP contribution < -0.4 is 10.2 Å². The molecule has 204 valence electrons. The maximum absolute atomic E-state index is 13.8. The maximum Gasteiger partial charge on any atom is 0.251 e. The second-order valence-electron chi connectivity index (χ2n) is 11.6. The second kappa shape index (κ2) is 11.7. The summed E-state index contributed by atoms with van der Waals surface area (Å²) in [6.07, 6.45) is 3.35. The van der Waals surface area contributed by atoms with Crippen LogP contribution >= 0.6 is 11.8 Å². The third kappa shape index (κ3) is 6.49. The number of hydrogen-bond acceptors (Lipinski definition) is 7. The number of anilines is 1. The highest BCUT2D eigenvalue weighted by Crippen LogP contribution is 2.34. The lowest BCUT2D eigenvalue weighted by Gasteiger charge is -2.36. The Labute approximate surface area is 225 Å². The average Bonchev–Trinajstić information content (AvgIpc) is 3.43. The third-order valence-electron chi connectivity index (χ3n) is 7.55. The molecule has 1 aromatic rings. The first kappa shape index (κ1) is 27.9.